The van der Waals surface area contributed by atoms with Gasteiger partial charge < -0.3 is 4.90 Å². The molecule has 0 bridgehead atoms. The first-order chi connectivity index (χ1) is 8.93. The van der Waals surface area contributed by atoms with Gasteiger partial charge in [0.15, 0.2) is 5.69 Å². The third-order valence-electron chi connectivity index (χ3n) is 2.47. The van der Waals surface area contributed by atoms with Gasteiger partial charge in [-0.1, -0.05) is 0 Å². The van der Waals surface area contributed by atoms with Crippen molar-refractivity contribution < 1.29 is 13.2 Å². The van der Waals surface area contributed by atoms with E-state index in [9.17, 15) is 13.2 Å². The summed E-state index contributed by atoms with van der Waals surface area (Å²) in [5.74, 6) is 0.0544. The van der Waals surface area contributed by atoms with Gasteiger partial charge in [-0.15, -0.1) is 0 Å². The quantitative estimate of drug-likeness (QED) is 0.845. The molecule has 2 heterocycles. The van der Waals surface area contributed by atoms with Crippen molar-refractivity contribution in [2.24, 2.45) is 0 Å². The Bertz CT molecular complexity index is 626. The Labute approximate surface area is 106 Å². The lowest BCUT2D eigenvalue weighted by Gasteiger charge is -2.19. The topological polar surface area (TPSA) is 70.1 Å². The molecule has 0 N–H and O–H groups in total. The minimum Gasteiger partial charge on any atom is -0.358 e. The van der Waals surface area contributed by atoms with Crippen molar-refractivity contribution in [1.82, 2.24) is 19.6 Å². The molecule has 9 heteroatoms. The Kier molecular flexibility index (Phi) is 3.25. The summed E-state index contributed by atoms with van der Waals surface area (Å²) >= 11 is 0. The van der Waals surface area contributed by atoms with E-state index >= 15 is 0 Å². The van der Waals surface area contributed by atoms with E-state index in [0.717, 1.165) is 12.4 Å². The van der Waals surface area contributed by atoms with Crippen LogP contribution in [0.4, 0.5) is 19.0 Å². The molecule has 19 heavy (non-hydrogen) atoms. The second-order valence-corrected chi connectivity index (χ2v) is 3.80. The lowest BCUT2D eigenvalue weighted by Crippen LogP contribution is -2.23. The zero-order valence-corrected chi connectivity index (χ0v) is 9.89. The van der Waals surface area contributed by atoms with Crippen molar-refractivity contribution in [1.29, 1.82) is 5.26 Å². The maximum atomic E-state index is 12.7. The Morgan fingerprint density at radius 2 is 2.21 bits per heavy atom. The number of fused-ring (bicyclic) bond motifs is 1. The van der Waals surface area contributed by atoms with Crippen LogP contribution < -0.4 is 4.90 Å². The van der Waals surface area contributed by atoms with E-state index in [0.29, 0.717) is 0 Å². The highest BCUT2D eigenvalue weighted by Gasteiger charge is 2.34. The summed E-state index contributed by atoms with van der Waals surface area (Å²) in [5, 5.41) is 12.3. The van der Waals surface area contributed by atoms with Crippen molar-refractivity contribution >= 4 is 11.6 Å². The largest absolute Gasteiger partial charge is 0.433 e. The van der Waals surface area contributed by atoms with Gasteiger partial charge in [-0.3, -0.25) is 0 Å². The Hall–Kier alpha value is -2.37. The highest BCUT2D eigenvalue weighted by atomic mass is 19.4. The SMILES string of the molecule is CN(CCC#N)c1cc(C(F)(F)F)nc2ncnn12. The van der Waals surface area contributed by atoms with Crippen LogP contribution in [0.25, 0.3) is 5.78 Å². The molecule has 0 atom stereocenters. The minimum absolute atomic E-state index is 0.131. The number of halogens is 3. The number of aromatic nitrogens is 4. The average Bonchev–Trinajstić information content (AvgIpc) is 2.81. The number of alkyl halides is 3. The minimum atomic E-state index is -4.56. The highest BCUT2D eigenvalue weighted by molar-refractivity contribution is 5.47. The first kappa shape index (κ1) is 13.1. The Morgan fingerprint density at radius 3 is 2.84 bits per heavy atom. The fraction of sp³-hybridized carbons (Fsp3) is 0.400. The summed E-state index contributed by atoms with van der Waals surface area (Å²) < 4.78 is 39.4. The van der Waals surface area contributed by atoms with E-state index in [1.807, 2.05) is 6.07 Å². The standard InChI is InChI=1S/C10H9F3N6/c1-18(4-2-3-14)8-5-7(10(11,12)13)17-9-15-6-16-19(8)9/h5-6H,2,4H2,1H3. The van der Waals surface area contributed by atoms with Gasteiger partial charge in [0.1, 0.15) is 12.1 Å². The van der Waals surface area contributed by atoms with Gasteiger partial charge in [-0.25, -0.2) is 4.98 Å². The zero-order valence-electron chi connectivity index (χ0n) is 9.89. The van der Waals surface area contributed by atoms with Crippen molar-refractivity contribution in [3.8, 4) is 6.07 Å². The van der Waals surface area contributed by atoms with Gasteiger partial charge in [-0.05, 0) is 0 Å². The molecular formula is C10H9F3N6. The molecule has 2 rings (SSSR count). The molecule has 0 amide bonds. The van der Waals surface area contributed by atoms with Crippen LogP contribution in [-0.2, 0) is 6.18 Å². The second-order valence-electron chi connectivity index (χ2n) is 3.80. The van der Waals surface area contributed by atoms with Crippen LogP contribution in [0.15, 0.2) is 12.4 Å². The van der Waals surface area contributed by atoms with E-state index in [2.05, 4.69) is 15.1 Å². The van der Waals surface area contributed by atoms with Crippen molar-refractivity contribution in [3.05, 3.63) is 18.1 Å². The highest BCUT2D eigenvalue weighted by Crippen LogP contribution is 2.30. The fourth-order valence-corrected chi connectivity index (χ4v) is 1.55. The van der Waals surface area contributed by atoms with Crippen LogP contribution in [0.5, 0.6) is 0 Å². The molecule has 0 aliphatic carbocycles. The van der Waals surface area contributed by atoms with Crippen molar-refractivity contribution in [2.75, 3.05) is 18.5 Å². The molecule has 0 saturated heterocycles. The number of rotatable bonds is 3. The smallest absolute Gasteiger partial charge is 0.358 e. The monoisotopic (exact) mass is 270 g/mol. The lowest BCUT2D eigenvalue weighted by molar-refractivity contribution is -0.141. The summed E-state index contributed by atoms with van der Waals surface area (Å²) in [6, 6.07) is 2.82. The van der Waals surface area contributed by atoms with Gasteiger partial charge in [0.05, 0.1) is 12.5 Å². The number of nitriles is 1. The first-order valence-corrected chi connectivity index (χ1v) is 5.29. The fourth-order valence-electron chi connectivity index (χ4n) is 1.55. The van der Waals surface area contributed by atoms with Crippen LogP contribution in [0.1, 0.15) is 12.1 Å². The number of hydrogen-bond donors (Lipinski definition) is 0. The zero-order chi connectivity index (χ0) is 14.0. The summed E-state index contributed by atoms with van der Waals surface area (Å²) in [5.41, 5.74) is -1.04. The lowest BCUT2D eigenvalue weighted by atomic mass is 10.3. The van der Waals surface area contributed by atoms with E-state index in [4.69, 9.17) is 5.26 Å². The molecular weight excluding hydrogens is 261 g/mol. The van der Waals surface area contributed by atoms with Gasteiger partial charge in [0, 0.05) is 19.7 Å². The van der Waals surface area contributed by atoms with Crippen LogP contribution in [0.2, 0.25) is 0 Å². The molecule has 2 aromatic heterocycles. The molecule has 100 valence electrons. The van der Waals surface area contributed by atoms with E-state index < -0.39 is 11.9 Å². The maximum Gasteiger partial charge on any atom is 0.433 e. The van der Waals surface area contributed by atoms with Crippen LogP contribution in [-0.4, -0.2) is 33.2 Å². The van der Waals surface area contributed by atoms with E-state index in [1.165, 1.54) is 9.42 Å². The predicted molar refractivity (Wildman–Crippen MR) is 59.3 cm³/mol. The molecule has 0 fully saturated rings. The van der Waals surface area contributed by atoms with E-state index in [-0.39, 0.29) is 24.6 Å². The number of nitrogens with zero attached hydrogens (tertiary/aromatic N) is 6. The summed E-state index contributed by atoms with van der Waals surface area (Å²) in [4.78, 5) is 8.57. The van der Waals surface area contributed by atoms with E-state index in [1.54, 1.807) is 7.05 Å². The van der Waals surface area contributed by atoms with Crippen molar-refractivity contribution in [2.45, 2.75) is 12.6 Å². The summed E-state index contributed by atoms with van der Waals surface area (Å²) in [6.45, 7) is 0.284. The van der Waals surface area contributed by atoms with Gasteiger partial charge in [0.25, 0.3) is 5.78 Å². The third-order valence-corrected chi connectivity index (χ3v) is 2.47. The third kappa shape index (κ3) is 2.57. The van der Waals surface area contributed by atoms with Crippen LogP contribution in [0, 0.1) is 11.3 Å². The first-order valence-electron chi connectivity index (χ1n) is 5.29. The molecule has 0 aliphatic heterocycles. The maximum absolute atomic E-state index is 12.7. The molecule has 0 radical (unpaired) electrons. The Balaban J connectivity index is 2.52. The molecule has 0 spiro atoms. The van der Waals surface area contributed by atoms with Gasteiger partial charge in [-0.2, -0.15) is 33.0 Å². The van der Waals surface area contributed by atoms with Crippen molar-refractivity contribution in [3.63, 3.8) is 0 Å². The number of anilines is 1. The summed E-state index contributed by atoms with van der Waals surface area (Å²) in [7, 11) is 1.58. The number of hydrogen-bond acceptors (Lipinski definition) is 5. The molecule has 2 aromatic rings. The normalized spacial score (nSPS) is 11.5. The van der Waals surface area contributed by atoms with Crippen LogP contribution in [0.3, 0.4) is 0 Å². The van der Waals surface area contributed by atoms with Gasteiger partial charge >= 0.3 is 6.18 Å². The molecule has 0 aliphatic rings. The molecule has 0 unspecified atom stereocenters. The average molecular weight is 270 g/mol. The summed E-state index contributed by atoms with van der Waals surface area (Å²) in [6.07, 6.45) is -3.24. The predicted octanol–water partition coefficient (Wildman–Crippen LogP) is 1.49. The second kappa shape index (κ2) is 4.72. The molecule has 0 saturated carbocycles. The Morgan fingerprint density at radius 1 is 1.47 bits per heavy atom. The molecule has 6 nitrogen and oxygen atoms in total. The molecule has 0 aromatic carbocycles. The van der Waals surface area contributed by atoms with Crippen LogP contribution >= 0.6 is 0 Å². The van der Waals surface area contributed by atoms with Gasteiger partial charge in [0.2, 0.25) is 0 Å².